The van der Waals surface area contributed by atoms with Gasteiger partial charge in [-0.3, -0.25) is 9.78 Å². The fourth-order valence-corrected chi connectivity index (χ4v) is 1.52. The first-order chi connectivity index (χ1) is 8.15. The topological polar surface area (TPSA) is 42.9 Å². The molecule has 2 aromatic rings. The Bertz CT molecular complexity index is 515. The third-order valence-electron chi connectivity index (χ3n) is 2.55. The number of carbonyl (C=O) groups is 1. The minimum atomic E-state index is 0.00125. The molecular formula is C14H14N2O. The summed E-state index contributed by atoms with van der Waals surface area (Å²) in [5.41, 5.74) is 3.44. The van der Waals surface area contributed by atoms with Crippen LogP contribution in [0.5, 0.6) is 0 Å². The fourth-order valence-electron chi connectivity index (χ4n) is 1.52. The Balaban J connectivity index is 2.11. The van der Waals surface area contributed by atoms with Gasteiger partial charge in [0.2, 0.25) is 0 Å². The molecule has 17 heavy (non-hydrogen) atoms. The van der Waals surface area contributed by atoms with Gasteiger partial charge in [-0.2, -0.15) is 0 Å². The maximum Gasteiger partial charge on any atom is 0.187 e. The van der Waals surface area contributed by atoms with E-state index in [0.717, 1.165) is 11.3 Å². The molecule has 1 heterocycles. The first kappa shape index (κ1) is 11.5. The van der Waals surface area contributed by atoms with Crippen molar-refractivity contribution in [3.8, 4) is 0 Å². The predicted octanol–water partition coefficient (Wildman–Crippen LogP) is 2.52. The Morgan fingerprint density at radius 1 is 1.06 bits per heavy atom. The smallest absolute Gasteiger partial charge is 0.187 e. The second kappa shape index (κ2) is 4.87. The minimum absolute atomic E-state index is 0.00125. The van der Waals surface area contributed by atoms with Gasteiger partial charge in [0.25, 0.3) is 0 Å². The van der Waals surface area contributed by atoms with E-state index in [1.54, 1.807) is 6.20 Å². The van der Waals surface area contributed by atoms with Crippen molar-refractivity contribution in [2.75, 3.05) is 0 Å². The van der Waals surface area contributed by atoms with E-state index in [-0.39, 0.29) is 5.78 Å². The highest BCUT2D eigenvalue weighted by Gasteiger charge is 2.08. The lowest BCUT2D eigenvalue weighted by molar-refractivity contribution is 0.0988. The van der Waals surface area contributed by atoms with E-state index in [1.165, 1.54) is 11.8 Å². The number of aryl methyl sites for hydroxylation is 2. The van der Waals surface area contributed by atoms with Gasteiger partial charge in [0.1, 0.15) is 5.69 Å². The molecule has 1 aromatic heterocycles. The van der Waals surface area contributed by atoms with E-state index >= 15 is 0 Å². The molecule has 2 rings (SSSR count). The maximum atomic E-state index is 11.9. The van der Waals surface area contributed by atoms with Crippen LogP contribution in [0.1, 0.15) is 27.3 Å². The monoisotopic (exact) mass is 226 g/mol. The van der Waals surface area contributed by atoms with Crippen molar-refractivity contribution in [1.29, 1.82) is 0 Å². The molecule has 3 nitrogen and oxygen atoms in total. The van der Waals surface area contributed by atoms with E-state index in [2.05, 4.69) is 9.97 Å². The fraction of sp³-hybridized carbons (Fsp3) is 0.214. The zero-order chi connectivity index (χ0) is 12.3. The molecular weight excluding hydrogens is 212 g/mol. The van der Waals surface area contributed by atoms with Crippen LogP contribution in [-0.4, -0.2) is 15.8 Å². The number of carbonyl (C=O) groups excluding carboxylic acids is 1. The molecule has 0 amide bonds. The lowest BCUT2D eigenvalue weighted by atomic mass is 10.1. The van der Waals surface area contributed by atoms with E-state index in [4.69, 9.17) is 0 Å². The van der Waals surface area contributed by atoms with Crippen molar-refractivity contribution in [1.82, 2.24) is 9.97 Å². The van der Waals surface area contributed by atoms with Gasteiger partial charge >= 0.3 is 0 Å². The van der Waals surface area contributed by atoms with Crippen molar-refractivity contribution >= 4 is 5.78 Å². The van der Waals surface area contributed by atoms with Crippen LogP contribution in [0.4, 0.5) is 0 Å². The van der Waals surface area contributed by atoms with Crippen molar-refractivity contribution in [3.05, 3.63) is 59.2 Å². The number of aromatic nitrogens is 2. The molecule has 0 unspecified atom stereocenters. The van der Waals surface area contributed by atoms with Crippen molar-refractivity contribution in [2.24, 2.45) is 0 Å². The molecule has 0 spiro atoms. The zero-order valence-corrected chi connectivity index (χ0v) is 9.97. The van der Waals surface area contributed by atoms with E-state index in [9.17, 15) is 4.79 Å². The third-order valence-corrected chi connectivity index (χ3v) is 2.55. The van der Waals surface area contributed by atoms with Crippen molar-refractivity contribution in [2.45, 2.75) is 20.3 Å². The number of hydrogen-bond donors (Lipinski definition) is 0. The van der Waals surface area contributed by atoms with Crippen molar-refractivity contribution in [3.63, 3.8) is 0 Å². The molecule has 0 saturated heterocycles. The second-order valence-electron chi connectivity index (χ2n) is 4.13. The first-order valence-electron chi connectivity index (χ1n) is 5.52. The van der Waals surface area contributed by atoms with Crippen LogP contribution < -0.4 is 0 Å². The summed E-state index contributed by atoms with van der Waals surface area (Å²) in [5, 5.41) is 0. The summed E-state index contributed by atoms with van der Waals surface area (Å²) < 4.78 is 0. The average Bonchev–Trinajstić information content (AvgIpc) is 2.33. The molecule has 0 fully saturated rings. The summed E-state index contributed by atoms with van der Waals surface area (Å²) in [5.74, 6) is 0.00125. The lowest BCUT2D eigenvalue weighted by Gasteiger charge is -2.01. The average molecular weight is 226 g/mol. The molecule has 3 heteroatoms. The molecule has 0 aliphatic rings. The lowest BCUT2D eigenvalue weighted by Crippen LogP contribution is -2.06. The van der Waals surface area contributed by atoms with Crippen LogP contribution in [0.2, 0.25) is 0 Å². The van der Waals surface area contributed by atoms with Crippen molar-refractivity contribution < 1.29 is 4.79 Å². The van der Waals surface area contributed by atoms with Gasteiger partial charge in [-0.15, -0.1) is 0 Å². The number of rotatable bonds is 3. The molecule has 0 aliphatic heterocycles. The zero-order valence-electron chi connectivity index (χ0n) is 9.97. The summed E-state index contributed by atoms with van der Waals surface area (Å²) in [6, 6.07) is 7.94. The number of nitrogens with zero attached hydrogens (tertiary/aromatic N) is 2. The molecule has 1 aromatic carbocycles. The molecule has 0 saturated carbocycles. The van der Waals surface area contributed by atoms with E-state index in [1.807, 2.05) is 38.1 Å². The summed E-state index contributed by atoms with van der Waals surface area (Å²) in [4.78, 5) is 20.1. The van der Waals surface area contributed by atoms with Crippen LogP contribution in [0, 0.1) is 13.8 Å². The molecule has 86 valence electrons. The van der Waals surface area contributed by atoms with E-state index in [0.29, 0.717) is 12.1 Å². The van der Waals surface area contributed by atoms with Gasteiger partial charge in [0, 0.05) is 12.6 Å². The van der Waals surface area contributed by atoms with Gasteiger partial charge in [-0.1, -0.05) is 29.8 Å². The number of ketones is 1. The van der Waals surface area contributed by atoms with Crippen LogP contribution in [-0.2, 0) is 6.42 Å². The Hall–Kier alpha value is -2.03. The van der Waals surface area contributed by atoms with Crippen LogP contribution in [0.15, 0.2) is 36.7 Å². The second-order valence-corrected chi connectivity index (χ2v) is 4.13. The maximum absolute atomic E-state index is 11.9. The Morgan fingerprint density at radius 2 is 1.76 bits per heavy atom. The number of hydrogen-bond acceptors (Lipinski definition) is 3. The van der Waals surface area contributed by atoms with Crippen LogP contribution >= 0.6 is 0 Å². The number of Topliss-reactive ketones (excluding diaryl/α,β-unsaturated/α-hetero) is 1. The highest BCUT2D eigenvalue weighted by atomic mass is 16.1. The quantitative estimate of drug-likeness (QED) is 0.755. The summed E-state index contributed by atoms with van der Waals surface area (Å²) in [7, 11) is 0. The molecule has 0 bridgehead atoms. The van der Waals surface area contributed by atoms with Gasteiger partial charge in [0.05, 0.1) is 11.9 Å². The predicted molar refractivity (Wildman–Crippen MR) is 66.0 cm³/mol. The van der Waals surface area contributed by atoms with Gasteiger partial charge in [0.15, 0.2) is 5.78 Å². The highest BCUT2D eigenvalue weighted by molar-refractivity contribution is 5.95. The minimum Gasteiger partial charge on any atom is -0.292 e. The molecule has 0 N–H and O–H groups in total. The van der Waals surface area contributed by atoms with Gasteiger partial charge < -0.3 is 0 Å². The normalized spacial score (nSPS) is 10.2. The highest BCUT2D eigenvalue weighted by Crippen LogP contribution is 2.07. The van der Waals surface area contributed by atoms with E-state index < -0.39 is 0 Å². The third kappa shape index (κ3) is 2.97. The Kier molecular flexibility index (Phi) is 3.28. The van der Waals surface area contributed by atoms with Gasteiger partial charge in [-0.25, -0.2) is 4.98 Å². The Morgan fingerprint density at radius 3 is 2.35 bits per heavy atom. The Labute approximate surface area is 101 Å². The first-order valence-corrected chi connectivity index (χ1v) is 5.52. The molecule has 0 aliphatic carbocycles. The molecule has 0 atom stereocenters. The summed E-state index contributed by atoms with van der Waals surface area (Å²) in [6.45, 7) is 3.87. The largest absolute Gasteiger partial charge is 0.292 e. The summed E-state index contributed by atoms with van der Waals surface area (Å²) >= 11 is 0. The molecule has 0 radical (unpaired) electrons. The summed E-state index contributed by atoms with van der Waals surface area (Å²) in [6.07, 6.45) is 3.52. The van der Waals surface area contributed by atoms with Crippen LogP contribution in [0.25, 0.3) is 0 Å². The van der Waals surface area contributed by atoms with Crippen LogP contribution in [0.3, 0.4) is 0 Å². The van der Waals surface area contributed by atoms with Gasteiger partial charge in [-0.05, 0) is 19.4 Å². The standard InChI is InChI=1S/C14H14N2O/c1-10-3-5-12(6-4-10)7-14(17)13-9-15-11(2)8-16-13/h3-6,8-9H,7H2,1-2H3. The number of benzene rings is 1. The SMILES string of the molecule is Cc1ccc(CC(=O)c2cnc(C)cn2)cc1.